The van der Waals surface area contributed by atoms with Gasteiger partial charge >= 0.3 is 0 Å². The van der Waals surface area contributed by atoms with Crippen molar-refractivity contribution in [2.45, 2.75) is 45.4 Å². The molecule has 1 aromatic carbocycles. The summed E-state index contributed by atoms with van der Waals surface area (Å²) in [6.07, 6.45) is 4.83. The number of halogens is 1. The first kappa shape index (κ1) is 19.0. The van der Waals surface area contributed by atoms with E-state index >= 15 is 0 Å². The number of aromatic nitrogens is 2. The van der Waals surface area contributed by atoms with Gasteiger partial charge in [-0.05, 0) is 64.0 Å². The quantitative estimate of drug-likeness (QED) is 0.710. The Hall–Kier alpha value is -1.76. The van der Waals surface area contributed by atoms with Crippen LogP contribution in [0.5, 0.6) is 0 Å². The topological polar surface area (TPSA) is 53.2 Å². The van der Waals surface area contributed by atoms with Gasteiger partial charge in [0.15, 0.2) is 0 Å². The van der Waals surface area contributed by atoms with Crippen LogP contribution in [0, 0.1) is 5.82 Å². The first-order valence-electron chi connectivity index (χ1n) is 9.48. The zero-order valence-corrected chi connectivity index (χ0v) is 15.7. The highest BCUT2D eigenvalue weighted by atomic mass is 19.1. The Morgan fingerprint density at radius 2 is 1.92 bits per heavy atom. The molecule has 0 amide bonds. The van der Waals surface area contributed by atoms with Crippen LogP contribution in [0.4, 0.5) is 4.39 Å². The van der Waals surface area contributed by atoms with Crippen molar-refractivity contribution in [3.05, 3.63) is 41.8 Å². The number of hydrogen-bond acceptors (Lipinski definition) is 4. The van der Waals surface area contributed by atoms with Crippen molar-refractivity contribution in [2.24, 2.45) is 0 Å². The number of morpholine rings is 1. The van der Waals surface area contributed by atoms with Gasteiger partial charge in [0, 0.05) is 30.8 Å². The fourth-order valence-electron chi connectivity index (χ4n) is 3.59. The highest BCUT2D eigenvalue weighted by molar-refractivity contribution is 5.62. The maximum absolute atomic E-state index is 13.1. The van der Waals surface area contributed by atoms with Crippen LogP contribution >= 0.6 is 0 Å². The van der Waals surface area contributed by atoms with Gasteiger partial charge in [0.2, 0.25) is 0 Å². The zero-order valence-electron chi connectivity index (χ0n) is 15.7. The van der Waals surface area contributed by atoms with E-state index in [-0.39, 0.29) is 5.82 Å². The predicted molar refractivity (Wildman–Crippen MR) is 101 cm³/mol. The normalized spacial score (nSPS) is 21.2. The molecule has 0 bridgehead atoms. The molecular weight excluding hydrogens is 331 g/mol. The zero-order chi connectivity index (χ0) is 18.4. The van der Waals surface area contributed by atoms with Gasteiger partial charge in [0.25, 0.3) is 0 Å². The van der Waals surface area contributed by atoms with Crippen LogP contribution in [0.25, 0.3) is 11.3 Å². The second-order valence-electron chi connectivity index (χ2n) is 7.18. The molecule has 2 atom stereocenters. The Morgan fingerprint density at radius 3 is 2.65 bits per heavy atom. The number of rotatable bonds is 8. The summed E-state index contributed by atoms with van der Waals surface area (Å²) in [4.78, 5) is 2.50. The summed E-state index contributed by atoms with van der Waals surface area (Å²) in [7, 11) is 0. The average Bonchev–Trinajstić information content (AvgIpc) is 3.06. The Balaban J connectivity index is 1.37. The first-order valence-corrected chi connectivity index (χ1v) is 9.48. The van der Waals surface area contributed by atoms with Crippen LogP contribution in [0.3, 0.4) is 0 Å². The lowest BCUT2D eigenvalue weighted by atomic mass is 10.1. The van der Waals surface area contributed by atoms with Crippen LogP contribution < -0.4 is 5.32 Å². The number of hydrogen-bond donors (Lipinski definition) is 2. The van der Waals surface area contributed by atoms with Crippen molar-refractivity contribution in [1.82, 2.24) is 20.4 Å². The maximum atomic E-state index is 13.1. The molecule has 5 nitrogen and oxygen atoms in total. The van der Waals surface area contributed by atoms with Gasteiger partial charge in [-0.1, -0.05) is 0 Å². The minimum Gasteiger partial charge on any atom is -0.373 e. The van der Waals surface area contributed by atoms with Crippen molar-refractivity contribution in [1.29, 1.82) is 0 Å². The van der Waals surface area contributed by atoms with Crippen LogP contribution in [-0.2, 0) is 11.3 Å². The number of unbranched alkanes of at least 4 members (excludes halogenated alkanes) is 1. The molecule has 0 aliphatic carbocycles. The number of ether oxygens (including phenoxy) is 1. The summed E-state index contributed by atoms with van der Waals surface area (Å²) in [5.74, 6) is -0.225. The smallest absolute Gasteiger partial charge is 0.123 e. The number of benzene rings is 1. The lowest BCUT2D eigenvalue weighted by Crippen LogP contribution is -2.45. The van der Waals surface area contributed by atoms with Crippen molar-refractivity contribution in [3.8, 4) is 11.3 Å². The molecule has 0 radical (unpaired) electrons. The molecular formula is C20H29FN4O. The van der Waals surface area contributed by atoms with E-state index in [1.165, 1.54) is 18.6 Å². The monoisotopic (exact) mass is 360 g/mol. The van der Waals surface area contributed by atoms with Crippen molar-refractivity contribution in [2.75, 3.05) is 26.2 Å². The van der Waals surface area contributed by atoms with E-state index in [4.69, 9.17) is 4.74 Å². The molecule has 0 spiro atoms. The number of nitrogens with zero attached hydrogens (tertiary/aromatic N) is 2. The SMILES string of the molecule is CC1CN(CCCCNCc2cn[nH]c2-c2ccc(F)cc2)CC(C)O1. The van der Waals surface area contributed by atoms with E-state index in [1.54, 1.807) is 12.1 Å². The molecule has 2 N–H and O–H groups in total. The van der Waals surface area contributed by atoms with Crippen LogP contribution in [-0.4, -0.2) is 53.5 Å². The van der Waals surface area contributed by atoms with Gasteiger partial charge in [-0.2, -0.15) is 5.10 Å². The lowest BCUT2D eigenvalue weighted by Gasteiger charge is -2.35. The molecule has 2 unspecified atom stereocenters. The molecule has 3 rings (SSSR count). The Morgan fingerprint density at radius 1 is 1.19 bits per heavy atom. The van der Waals surface area contributed by atoms with E-state index in [0.29, 0.717) is 12.2 Å². The Bertz CT molecular complexity index is 663. The summed E-state index contributed by atoms with van der Waals surface area (Å²) < 4.78 is 18.9. The van der Waals surface area contributed by atoms with Gasteiger partial charge < -0.3 is 10.1 Å². The van der Waals surface area contributed by atoms with Crippen LogP contribution in [0.1, 0.15) is 32.3 Å². The standard InChI is InChI=1S/C20H29FN4O/c1-15-13-25(14-16(2)26-15)10-4-3-9-22-11-18-12-23-24-20(18)17-5-7-19(21)8-6-17/h5-8,12,15-16,22H,3-4,9-11,13-14H2,1-2H3,(H,23,24). The van der Waals surface area contributed by atoms with E-state index in [2.05, 4.69) is 34.3 Å². The lowest BCUT2D eigenvalue weighted by molar-refractivity contribution is -0.0681. The number of aromatic amines is 1. The molecule has 1 saturated heterocycles. The summed E-state index contributed by atoms with van der Waals surface area (Å²) in [6.45, 7) is 9.23. The minimum atomic E-state index is -0.225. The fraction of sp³-hybridized carbons (Fsp3) is 0.550. The molecule has 2 heterocycles. The molecule has 1 aliphatic heterocycles. The summed E-state index contributed by atoms with van der Waals surface area (Å²) in [5.41, 5.74) is 3.01. The highest BCUT2D eigenvalue weighted by Crippen LogP contribution is 2.21. The molecule has 142 valence electrons. The van der Waals surface area contributed by atoms with Crippen molar-refractivity contribution >= 4 is 0 Å². The van der Waals surface area contributed by atoms with Crippen LogP contribution in [0.15, 0.2) is 30.5 Å². The third kappa shape index (κ3) is 5.37. The largest absolute Gasteiger partial charge is 0.373 e. The van der Waals surface area contributed by atoms with E-state index in [0.717, 1.165) is 56.0 Å². The minimum absolute atomic E-state index is 0.225. The fourth-order valence-corrected chi connectivity index (χ4v) is 3.59. The maximum Gasteiger partial charge on any atom is 0.123 e. The molecule has 26 heavy (non-hydrogen) atoms. The average molecular weight is 360 g/mol. The van der Waals surface area contributed by atoms with E-state index in [1.807, 2.05) is 6.20 Å². The summed E-state index contributed by atoms with van der Waals surface area (Å²) in [6, 6.07) is 6.49. The Kier molecular flexibility index (Phi) is 6.77. The van der Waals surface area contributed by atoms with Gasteiger partial charge in [0.1, 0.15) is 5.82 Å². The van der Waals surface area contributed by atoms with E-state index < -0.39 is 0 Å². The molecule has 6 heteroatoms. The molecule has 0 saturated carbocycles. The number of H-pyrrole nitrogens is 1. The van der Waals surface area contributed by atoms with Crippen LogP contribution in [0.2, 0.25) is 0 Å². The van der Waals surface area contributed by atoms with Gasteiger partial charge in [-0.25, -0.2) is 4.39 Å². The molecule has 1 fully saturated rings. The molecule has 1 aliphatic rings. The molecule has 1 aromatic heterocycles. The van der Waals surface area contributed by atoms with Gasteiger partial charge in [0.05, 0.1) is 24.1 Å². The summed E-state index contributed by atoms with van der Waals surface area (Å²) in [5, 5.41) is 10.6. The van der Waals surface area contributed by atoms with Gasteiger partial charge in [-0.3, -0.25) is 10.00 Å². The highest BCUT2D eigenvalue weighted by Gasteiger charge is 2.21. The number of nitrogens with one attached hydrogen (secondary N) is 2. The second kappa shape index (κ2) is 9.26. The third-order valence-electron chi connectivity index (χ3n) is 4.74. The summed E-state index contributed by atoms with van der Waals surface area (Å²) >= 11 is 0. The van der Waals surface area contributed by atoms with Crippen molar-refractivity contribution in [3.63, 3.8) is 0 Å². The Labute approximate surface area is 154 Å². The van der Waals surface area contributed by atoms with Gasteiger partial charge in [-0.15, -0.1) is 0 Å². The second-order valence-corrected chi connectivity index (χ2v) is 7.18. The first-order chi connectivity index (χ1) is 12.6. The third-order valence-corrected chi connectivity index (χ3v) is 4.74. The van der Waals surface area contributed by atoms with E-state index in [9.17, 15) is 4.39 Å². The molecule has 2 aromatic rings. The van der Waals surface area contributed by atoms with Crippen molar-refractivity contribution < 1.29 is 9.13 Å². The predicted octanol–water partition coefficient (Wildman–Crippen LogP) is 3.19.